The van der Waals surface area contributed by atoms with E-state index in [-0.39, 0.29) is 11.1 Å². The van der Waals surface area contributed by atoms with Gasteiger partial charge in [-0.1, -0.05) is 30.1 Å². The second-order valence-corrected chi connectivity index (χ2v) is 5.18. The lowest BCUT2D eigenvalue weighted by molar-refractivity contribution is 0.511. The van der Waals surface area contributed by atoms with Crippen molar-refractivity contribution in [1.82, 2.24) is 16.2 Å². The standard InChI is InChI=1S/C12H16Cl2FN3/c1-2-16-6-7-3-12(18-17-7)8-4-11(15)10(14)5-9(8)13/h4-5,7,12,16-18H,2-3,6H2,1H3. The number of hydrogen-bond donors (Lipinski definition) is 3. The minimum absolute atomic E-state index is 0.00734. The quantitative estimate of drug-likeness (QED) is 0.747. The van der Waals surface area contributed by atoms with Crippen LogP contribution in [-0.2, 0) is 0 Å². The van der Waals surface area contributed by atoms with Crippen molar-refractivity contribution >= 4 is 23.2 Å². The van der Waals surface area contributed by atoms with Crippen molar-refractivity contribution in [2.45, 2.75) is 25.4 Å². The van der Waals surface area contributed by atoms with Crippen molar-refractivity contribution in [1.29, 1.82) is 0 Å². The molecule has 0 spiro atoms. The van der Waals surface area contributed by atoms with Gasteiger partial charge in [0.05, 0.1) is 5.02 Å². The summed E-state index contributed by atoms with van der Waals surface area (Å²) in [6.07, 6.45) is 0.855. The van der Waals surface area contributed by atoms with E-state index in [1.807, 2.05) is 0 Å². The normalized spacial score (nSPS) is 23.6. The van der Waals surface area contributed by atoms with Gasteiger partial charge in [-0.05, 0) is 30.7 Å². The van der Waals surface area contributed by atoms with Crippen LogP contribution >= 0.6 is 23.2 Å². The molecular formula is C12H16Cl2FN3. The fourth-order valence-corrected chi connectivity index (χ4v) is 2.60. The van der Waals surface area contributed by atoms with Crippen LogP contribution in [0.4, 0.5) is 4.39 Å². The maximum absolute atomic E-state index is 13.5. The molecule has 2 unspecified atom stereocenters. The van der Waals surface area contributed by atoms with Gasteiger partial charge < -0.3 is 5.32 Å². The Balaban J connectivity index is 2.07. The molecule has 1 aliphatic heterocycles. The first-order valence-electron chi connectivity index (χ1n) is 5.98. The first-order chi connectivity index (χ1) is 8.61. The van der Waals surface area contributed by atoms with E-state index in [1.54, 1.807) is 0 Å². The molecule has 0 aliphatic carbocycles. The second-order valence-electron chi connectivity index (χ2n) is 4.37. The molecule has 100 valence electrons. The van der Waals surface area contributed by atoms with E-state index in [9.17, 15) is 4.39 Å². The Morgan fingerprint density at radius 2 is 2.11 bits per heavy atom. The molecule has 0 aromatic heterocycles. The number of nitrogens with one attached hydrogen (secondary N) is 3. The molecule has 2 atom stereocenters. The van der Waals surface area contributed by atoms with E-state index in [0.717, 1.165) is 25.1 Å². The molecule has 6 heteroatoms. The van der Waals surface area contributed by atoms with E-state index in [0.29, 0.717) is 11.1 Å². The third kappa shape index (κ3) is 3.13. The third-order valence-electron chi connectivity index (χ3n) is 3.04. The highest BCUT2D eigenvalue weighted by Crippen LogP contribution is 2.32. The van der Waals surface area contributed by atoms with Crippen molar-refractivity contribution in [3.8, 4) is 0 Å². The number of likely N-dealkylation sites (N-methyl/N-ethyl adjacent to an activating group) is 1. The summed E-state index contributed by atoms with van der Waals surface area (Å²) in [7, 11) is 0. The molecule has 3 N–H and O–H groups in total. The van der Waals surface area contributed by atoms with Crippen LogP contribution in [0.5, 0.6) is 0 Å². The van der Waals surface area contributed by atoms with E-state index in [4.69, 9.17) is 23.2 Å². The monoisotopic (exact) mass is 291 g/mol. The van der Waals surface area contributed by atoms with Crippen molar-refractivity contribution in [3.05, 3.63) is 33.6 Å². The summed E-state index contributed by atoms with van der Waals surface area (Å²) < 4.78 is 13.5. The van der Waals surface area contributed by atoms with Gasteiger partial charge in [0.15, 0.2) is 0 Å². The molecule has 1 aromatic carbocycles. The molecule has 1 saturated heterocycles. The minimum Gasteiger partial charge on any atom is -0.315 e. The van der Waals surface area contributed by atoms with Crippen LogP contribution < -0.4 is 16.2 Å². The largest absolute Gasteiger partial charge is 0.315 e. The van der Waals surface area contributed by atoms with Gasteiger partial charge >= 0.3 is 0 Å². The van der Waals surface area contributed by atoms with Crippen molar-refractivity contribution in [2.24, 2.45) is 0 Å². The SMILES string of the molecule is CCNCC1CC(c2cc(F)c(Cl)cc2Cl)NN1. The molecule has 0 radical (unpaired) electrons. The first-order valence-corrected chi connectivity index (χ1v) is 6.73. The predicted octanol–water partition coefficient (Wildman–Crippen LogP) is 2.65. The lowest BCUT2D eigenvalue weighted by Crippen LogP contribution is -2.37. The highest BCUT2D eigenvalue weighted by Gasteiger charge is 2.26. The van der Waals surface area contributed by atoms with Crippen molar-refractivity contribution in [2.75, 3.05) is 13.1 Å². The van der Waals surface area contributed by atoms with Crippen LogP contribution in [-0.4, -0.2) is 19.1 Å². The summed E-state index contributed by atoms with van der Waals surface area (Å²) in [5.74, 6) is -0.437. The lowest BCUT2D eigenvalue weighted by atomic mass is 10.0. The van der Waals surface area contributed by atoms with Crippen LogP contribution in [0, 0.1) is 5.82 Å². The number of halogens is 3. The Labute approximate surface area is 116 Å². The lowest BCUT2D eigenvalue weighted by Gasteiger charge is -2.12. The highest BCUT2D eigenvalue weighted by molar-refractivity contribution is 6.35. The fraction of sp³-hybridized carbons (Fsp3) is 0.500. The Bertz CT molecular complexity index is 428. The number of rotatable bonds is 4. The molecule has 3 nitrogen and oxygen atoms in total. The Morgan fingerprint density at radius 3 is 2.83 bits per heavy atom. The van der Waals surface area contributed by atoms with E-state index < -0.39 is 5.82 Å². The maximum Gasteiger partial charge on any atom is 0.142 e. The van der Waals surface area contributed by atoms with Gasteiger partial charge in [0.25, 0.3) is 0 Å². The van der Waals surface area contributed by atoms with Crippen LogP contribution in [0.1, 0.15) is 24.9 Å². The van der Waals surface area contributed by atoms with Crippen LogP contribution in [0.15, 0.2) is 12.1 Å². The fourth-order valence-electron chi connectivity index (χ4n) is 2.08. The average Bonchev–Trinajstić information content (AvgIpc) is 2.79. The molecule has 0 saturated carbocycles. The zero-order valence-corrected chi connectivity index (χ0v) is 11.6. The third-order valence-corrected chi connectivity index (χ3v) is 3.65. The summed E-state index contributed by atoms with van der Waals surface area (Å²) in [5, 5.41) is 3.81. The summed E-state index contributed by atoms with van der Waals surface area (Å²) in [5.41, 5.74) is 7.05. The van der Waals surface area contributed by atoms with Gasteiger partial charge in [-0.25, -0.2) is 9.82 Å². The molecule has 1 aliphatic rings. The minimum atomic E-state index is -0.437. The second kappa shape index (κ2) is 6.17. The summed E-state index contributed by atoms with van der Waals surface area (Å²) in [4.78, 5) is 0. The number of benzene rings is 1. The Kier molecular flexibility index (Phi) is 4.81. The zero-order valence-electron chi connectivity index (χ0n) is 10.1. The summed E-state index contributed by atoms with van der Waals surface area (Å²) in [6, 6.07) is 3.17. The number of hydrazine groups is 1. The summed E-state index contributed by atoms with van der Waals surface area (Å²) in [6.45, 7) is 3.86. The van der Waals surface area contributed by atoms with E-state index >= 15 is 0 Å². The molecule has 0 bridgehead atoms. The van der Waals surface area contributed by atoms with E-state index in [2.05, 4.69) is 23.1 Å². The molecule has 1 aromatic rings. The highest BCUT2D eigenvalue weighted by atomic mass is 35.5. The van der Waals surface area contributed by atoms with Gasteiger partial charge in [-0.2, -0.15) is 0 Å². The van der Waals surface area contributed by atoms with Gasteiger partial charge in [-0.15, -0.1) is 0 Å². The van der Waals surface area contributed by atoms with Gasteiger partial charge in [0.1, 0.15) is 5.82 Å². The number of hydrogen-bond acceptors (Lipinski definition) is 3. The molecule has 0 amide bonds. The predicted molar refractivity (Wildman–Crippen MR) is 72.4 cm³/mol. The smallest absolute Gasteiger partial charge is 0.142 e. The molecular weight excluding hydrogens is 276 g/mol. The van der Waals surface area contributed by atoms with Crippen LogP contribution in [0.2, 0.25) is 10.0 Å². The van der Waals surface area contributed by atoms with Gasteiger partial charge in [-0.3, -0.25) is 5.43 Å². The topological polar surface area (TPSA) is 36.1 Å². The Morgan fingerprint density at radius 1 is 1.33 bits per heavy atom. The molecule has 1 heterocycles. The first kappa shape index (κ1) is 14.0. The van der Waals surface area contributed by atoms with Gasteiger partial charge in [0, 0.05) is 23.7 Å². The maximum atomic E-state index is 13.5. The van der Waals surface area contributed by atoms with Crippen molar-refractivity contribution in [3.63, 3.8) is 0 Å². The average molecular weight is 292 g/mol. The molecule has 1 fully saturated rings. The van der Waals surface area contributed by atoms with E-state index in [1.165, 1.54) is 12.1 Å². The summed E-state index contributed by atoms with van der Waals surface area (Å²) >= 11 is 11.8. The zero-order chi connectivity index (χ0) is 13.1. The Hall–Kier alpha value is -0.390. The van der Waals surface area contributed by atoms with Gasteiger partial charge in [0.2, 0.25) is 0 Å². The van der Waals surface area contributed by atoms with Crippen LogP contribution in [0.3, 0.4) is 0 Å². The van der Waals surface area contributed by atoms with Crippen LogP contribution in [0.25, 0.3) is 0 Å². The molecule has 2 rings (SSSR count). The van der Waals surface area contributed by atoms with Crippen molar-refractivity contribution < 1.29 is 4.39 Å². The molecule has 18 heavy (non-hydrogen) atoms.